The molecule has 1 aromatic heterocycles. The van der Waals surface area contributed by atoms with Crippen molar-refractivity contribution in [1.29, 1.82) is 0 Å². The van der Waals surface area contributed by atoms with Gasteiger partial charge in [0, 0.05) is 27.5 Å². The largest absolute Gasteiger partial charge is 0.456 e. The average molecular weight is 854 g/mol. The number of anilines is 3. The summed E-state index contributed by atoms with van der Waals surface area (Å²) < 4.78 is 6.54. The van der Waals surface area contributed by atoms with Gasteiger partial charge in [-0.1, -0.05) is 231 Å². The quantitative estimate of drug-likeness (QED) is 0.151. The molecule has 0 saturated carbocycles. The van der Waals surface area contributed by atoms with E-state index in [0.717, 1.165) is 55.7 Å². The molecular formula is C65H43NO. The van der Waals surface area contributed by atoms with E-state index in [1.54, 1.807) is 0 Å². The average Bonchev–Trinajstić information content (AvgIpc) is 3.94. The van der Waals surface area contributed by atoms with Crippen LogP contribution in [0.25, 0.3) is 77.2 Å². The van der Waals surface area contributed by atoms with Crippen LogP contribution in [0.3, 0.4) is 0 Å². The van der Waals surface area contributed by atoms with Gasteiger partial charge in [-0.15, -0.1) is 0 Å². The molecule has 1 aliphatic carbocycles. The van der Waals surface area contributed by atoms with Crippen molar-refractivity contribution in [3.8, 4) is 44.5 Å². The molecule has 0 spiro atoms. The van der Waals surface area contributed by atoms with Crippen LogP contribution in [-0.4, -0.2) is 0 Å². The van der Waals surface area contributed by atoms with Crippen LogP contribution in [0.4, 0.5) is 17.1 Å². The number of hydrogen-bond donors (Lipinski definition) is 0. The van der Waals surface area contributed by atoms with Crippen molar-refractivity contribution < 1.29 is 4.42 Å². The molecule has 13 rings (SSSR count). The molecule has 0 atom stereocenters. The third kappa shape index (κ3) is 5.97. The van der Waals surface area contributed by atoms with Gasteiger partial charge in [0.2, 0.25) is 0 Å². The fourth-order valence-electron chi connectivity index (χ4n) is 11.3. The Morgan fingerprint density at radius 2 is 0.761 bits per heavy atom. The molecule has 0 radical (unpaired) electrons. The Labute approximate surface area is 390 Å². The van der Waals surface area contributed by atoms with Crippen molar-refractivity contribution >= 4 is 49.8 Å². The van der Waals surface area contributed by atoms with Crippen molar-refractivity contribution in [2.75, 3.05) is 4.90 Å². The lowest BCUT2D eigenvalue weighted by atomic mass is 9.68. The number of fused-ring (bicyclic) bond motifs is 7. The first kappa shape index (κ1) is 38.7. The summed E-state index contributed by atoms with van der Waals surface area (Å²) in [5.74, 6) is 0. The fourth-order valence-corrected chi connectivity index (χ4v) is 11.3. The van der Waals surface area contributed by atoms with E-state index in [9.17, 15) is 0 Å². The zero-order valence-electron chi connectivity index (χ0n) is 36.7. The molecule has 2 heteroatoms. The van der Waals surface area contributed by atoms with Crippen molar-refractivity contribution in [1.82, 2.24) is 0 Å². The first-order chi connectivity index (χ1) is 33.3. The molecule has 0 unspecified atom stereocenters. The van der Waals surface area contributed by atoms with Crippen LogP contribution in [0.15, 0.2) is 265 Å². The molecule has 0 aliphatic heterocycles. The lowest BCUT2D eigenvalue weighted by Crippen LogP contribution is -2.28. The molecule has 0 bridgehead atoms. The molecule has 314 valence electrons. The van der Waals surface area contributed by atoms with Gasteiger partial charge < -0.3 is 9.32 Å². The summed E-state index contributed by atoms with van der Waals surface area (Å²) in [5.41, 5.74) is 18.8. The van der Waals surface area contributed by atoms with Gasteiger partial charge in [-0.3, -0.25) is 0 Å². The van der Waals surface area contributed by atoms with Gasteiger partial charge in [0.05, 0.1) is 22.5 Å². The minimum absolute atomic E-state index is 0.573. The highest BCUT2D eigenvalue weighted by Gasteiger charge is 2.47. The summed E-state index contributed by atoms with van der Waals surface area (Å²) in [6.07, 6.45) is 0. The van der Waals surface area contributed by atoms with E-state index in [-0.39, 0.29) is 0 Å². The van der Waals surface area contributed by atoms with Crippen LogP contribution in [0.1, 0.15) is 22.3 Å². The van der Waals surface area contributed by atoms with Crippen LogP contribution in [0.5, 0.6) is 0 Å². The predicted octanol–water partition coefficient (Wildman–Crippen LogP) is 17.6. The molecule has 0 saturated heterocycles. The summed E-state index contributed by atoms with van der Waals surface area (Å²) in [4.78, 5) is 2.55. The number of rotatable bonds is 8. The van der Waals surface area contributed by atoms with Crippen LogP contribution in [0, 0.1) is 0 Å². The highest BCUT2D eigenvalue weighted by atomic mass is 16.3. The minimum atomic E-state index is -0.573. The van der Waals surface area contributed by atoms with E-state index >= 15 is 0 Å². The van der Waals surface area contributed by atoms with Crippen molar-refractivity contribution in [3.05, 3.63) is 283 Å². The third-order valence-electron chi connectivity index (χ3n) is 14.0. The Bertz CT molecular complexity index is 3770. The standard InChI is InChI=1S/C65H43NO/c1-4-22-44(23-5-1)48-34-18-24-45-25-19-35-51(62(45)48)49-30-11-15-39-57(49)66(58-40-16-12-31-50(58)52-36-20-43-61-63(52)54-33-13-17-42-60(54)67-61)59-41-21-38-56-64(59)53-32-10-14-37-55(53)65(56,46-26-6-2-7-27-46)47-28-8-3-9-29-47/h1-43H. The maximum absolute atomic E-state index is 6.54. The van der Waals surface area contributed by atoms with Gasteiger partial charge in [0.15, 0.2) is 0 Å². The molecule has 67 heavy (non-hydrogen) atoms. The molecule has 1 heterocycles. The van der Waals surface area contributed by atoms with E-state index in [4.69, 9.17) is 4.42 Å². The molecule has 0 fully saturated rings. The summed E-state index contributed by atoms with van der Waals surface area (Å²) in [5, 5.41) is 4.63. The number of furan rings is 1. The Hall–Kier alpha value is -8.72. The van der Waals surface area contributed by atoms with Gasteiger partial charge in [0.25, 0.3) is 0 Å². The fraction of sp³-hybridized carbons (Fsp3) is 0.0154. The van der Waals surface area contributed by atoms with Gasteiger partial charge >= 0.3 is 0 Å². The summed E-state index contributed by atoms with van der Waals surface area (Å²) in [7, 11) is 0. The number of benzene rings is 11. The summed E-state index contributed by atoms with van der Waals surface area (Å²) in [6, 6.07) is 95.2. The number of hydrogen-bond acceptors (Lipinski definition) is 2. The Kier molecular flexibility index (Phi) is 9.11. The highest BCUT2D eigenvalue weighted by molar-refractivity contribution is 6.15. The molecule has 12 aromatic rings. The van der Waals surface area contributed by atoms with E-state index in [1.165, 1.54) is 60.8 Å². The SMILES string of the molecule is c1ccc(-c2cccc3cccc(-c4ccccc4N(c4ccccc4-c4cccc5oc6ccccc6c45)c4cccc5c4-c4ccccc4C5(c4ccccc4)c4ccccc4)c23)cc1. The Morgan fingerprint density at radius 1 is 0.299 bits per heavy atom. The highest BCUT2D eigenvalue weighted by Crippen LogP contribution is 2.60. The summed E-state index contributed by atoms with van der Waals surface area (Å²) >= 11 is 0. The van der Waals surface area contributed by atoms with Gasteiger partial charge in [-0.2, -0.15) is 0 Å². The topological polar surface area (TPSA) is 16.4 Å². The molecule has 2 nitrogen and oxygen atoms in total. The Balaban J connectivity index is 1.16. The smallest absolute Gasteiger partial charge is 0.136 e. The van der Waals surface area contributed by atoms with E-state index < -0.39 is 5.41 Å². The summed E-state index contributed by atoms with van der Waals surface area (Å²) in [6.45, 7) is 0. The van der Waals surface area contributed by atoms with Gasteiger partial charge in [0.1, 0.15) is 11.2 Å². The van der Waals surface area contributed by atoms with Crippen LogP contribution >= 0.6 is 0 Å². The van der Waals surface area contributed by atoms with Crippen molar-refractivity contribution in [2.45, 2.75) is 5.41 Å². The minimum Gasteiger partial charge on any atom is -0.456 e. The van der Waals surface area contributed by atoms with Gasteiger partial charge in [-0.25, -0.2) is 0 Å². The monoisotopic (exact) mass is 853 g/mol. The lowest BCUT2D eigenvalue weighted by molar-refractivity contribution is 0.669. The Morgan fingerprint density at radius 3 is 1.45 bits per heavy atom. The molecule has 0 amide bonds. The van der Waals surface area contributed by atoms with Crippen LogP contribution < -0.4 is 4.90 Å². The maximum atomic E-state index is 6.54. The molecule has 0 N–H and O–H groups in total. The second kappa shape index (κ2) is 15.8. The zero-order valence-corrected chi connectivity index (χ0v) is 36.7. The third-order valence-corrected chi connectivity index (χ3v) is 14.0. The molecule has 1 aliphatic rings. The van der Waals surface area contributed by atoms with Crippen LogP contribution in [0.2, 0.25) is 0 Å². The first-order valence-corrected chi connectivity index (χ1v) is 23.1. The van der Waals surface area contributed by atoms with Crippen molar-refractivity contribution in [3.63, 3.8) is 0 Å². The predicted molar refractivity (Wildman–Crippen MR) is 280 cm³/mol. The van der Waals surface area contributed by atoms with Gasteiger partial charge in [-0.05, 0) is 91.2 Å². The van der Waals surface area contributed by atoms with E-state index in [1.807, 2.05) is 6.07 Å². The van der Waals surface area contributed by atoms with Crippen molar-refractivity contribution in [2.24, 2.45) is 0 Å². The maximum Gasteiger partial charge on any atom is 0.136 e. The first-order valence-electron chi connectivity index (χ1n) is 23.1. The molecule has 11 aromatic carbocycles. The van der Waals surface area contributed by atoms with E-state index in [2.05, 4.69) is 260 Å². The second-order valence-electron chi connectivity index (χ2n) is 17.4. The zero-order chi connectivity index (χ0) is 44.3. The second-order valence-corrected chi connectivity index (χ2v) is 17.4. The lowest BCUT2D eigenvalue weighted by Gasteiger charge is -2.35. The molecular weight excluding hydrogens is 811 g/mol. The number of para-hydroxylation sites is 3. The van der Waals surface area contributed by atoms with Crippen LogP contribution in [-0.2, 0) is 5.41 Å². The number of nitrogens with zero attached hydrogens (tertiary/aromatic N) is 1. The normalized spacial score (nSPS) is 12.6. The van der Waals surface area contributed by atoms with E-state index in [0.29, 0.717) is 0 Å².